The van der Waals surface area contributed by atoms with Crippen molar-refractivity contribution >= 4 is 43.2 Å². The van der Waals surface area contributed by atoms with E-state index in [0.717, 1.165) is 12.4 Å². The van der Waals surface area contributed by atoms with Gasteiger partial charge in [-0.25, -0.2) is 23.4 Å². The van der Waals surface area contributed by atoms with E-state index >= 15 is 0 Å². The van der Waals surface area contributed by atoms with Crippen LogP contribution >= 0.6 is 27.5 Å². The zero-order valence-corrected chi connectivity index (χ0v) is 12.8. The van der Waals surface area contributed by atoms with E-state index in [4.69, 9.17) is 11.6 Å². The maximum Gasteiger partial charge on any atom is 0.265 e. The van der Waals surface area contributed by atoms with Gasteiger partial charge in [-0.1, -0.05) is 0 Å². The van der Waals surface area contributed by atoms with Gasteiger partial charge >= 0.3 is 0 Å². The monoisotopic (exact) mass is 362 g/mol. The first-order valence-electron chi connectivity index (χ1n) is 5.02. The van der Waals surface area contributed by atoms with Crippen LogP contribution in [0.1, 0.15) is 5.69 Å². The summed E-state index contributed by atoms with van der Waals surface area (Å²) in [5.74, 6) is 0. The van der Waals surface area contributed by atoms with Crippen LogP contribution in [0, 0.1) is 6.92 Å². The van der Waals surface area contributed by atoms with Gasteiger partial charge in [-0.3, -0.25) is 4.72 Å². The third-order valence-corrected chi connectivity index (χ3v) is 4.16. The molecule has 0 aliphatic carbocycles. The summed E-state index contributed by atoms with van der Waals surface area (Å²) >= 11 is 8.72. The molecule has 0 aromatic carbocycles. The van der Waals surface area contributed by atoms with Crippen LogP contribution in [0.5, 0.6) is 0 Å². The van der Waals surface area contributed by atoms with Crippen molar-refractivity contribution in [3.63, 3.8) is 0 Å². The fourth-order valence-corrected chi connectivity index (χ4v) is 2.78. The lowest BCUT2D eigenvalue weighted by atomic mass is 10.3. The second kappa shape index (κ2) is 5.40. The zero-order valence-electron chi connectivity index (χ0n) is 9.63. The number of sulfonamides is 1. The molecule has 0 saturated heterocycles. The van der Waals surface area contributed by atoms with Gasteiger partial charge in [0.15, 0.2) is 0 Å². The summed E-state index contributed by atoms with van der Waals surface area (Å²) in [6.07, 6.45) is 2.28. The molecule has 0 saturated carbocycles. The van der Waals surface area contributed by atoms with Crippen molar-refractivity contribution in [1.82, 2.24) is 15.0 Å². The second-order valence-corrected chi connectivity index (χ2v) is 6.39. The van der Waals surface area contributed by atoms with Crippen LogP contribution in [0.4, 0.5) is 5.69 Å². The van der Waals surface area contributed by atoms with Crippen LogP contribution in [0.3, 0.4) is 0 Å². The maximum atomic E-state index is 12.1. The standard InChI is InChI=1S/C10H8BrClN4O2S/c1-6-8(2-3-9(11)15-6)16-19(17,18)7-4-13-10(12)14-5-7/h2-5,16H,1H3. The molecule has 2 rings (SSSR count). The number of pyridine rings is 1. The van der Waals surface area contributed by atoms with Gasteiger partial charge in [0.05, 0.1) is 23.8 Å². The van der Waals surface area contributed by atoms with Crippen LogP contribution in [-0.4, -0.2) is 23.4 Å². The van der Waals surface area contributed by atoms with Crippen molar-refractivity contribution in [3.05, 3.63) is 40.1 Å². The van der Waals surface area contributed by atoms with E-state index in [2.05, 4.69) is 35.6 Å². The molecule has 0 unspecified atom stereocenters. The number of nitrogens with zero attached hydrogens (tertiary/aromatic N) is 3. The number of hydrogen-bond donors (Lipinski definition) is 1. The summed E-state index contributed by atoms with van der Waals surface area (Å²) in [5, 5.41) is -0.0135. The Morgan fingerprint density at radius 1 is 1.26 bits per heavy atom. The first kappa shape index (κ1) is 14.2. The Kier molecular flexibility index (Phi) is 4.02. The molecule has 6 nitrogen and oxygen atoms in total. The number of aryl methyl sites for hydroxylation is 1. The molecule has 2 aromatic heterocycles. The van der Waals surface area contributed by atoms with Crippen LogP contribution in [0.25, 0.3) is 0 Å². The topological polar surface area (TPSA) is 84.8 Å². The molecule has 2 heterocycles. The van der Waals surface area contributed by atoms with E-state index in [1.165, 1.54) is 0 Å². The minimum atomic E-state index is -3.75. The Morgan fingerprint density at radius 2 is 1.89 bits per heavy atom. The Bertz CT molecular complexity index is 706. The molecule has 100 valence electrons. The fraction of sp³-hybridized carbons (Fsp3) is 0.100. The predicted molar refractivity (Wildman–Crippen MR) is 74.5 cm³/mol. The highest BCUT2D eigenvalue weighted by molar-refractivity contribution is 9.10. The highest BCUT2D eigenvalue weighted by Crippen LogP contribution is 2.20. The van der Waals surface area contributed by atoms with E-state index in [1.807, 2.05) is 0 Å². The zero-order chi connectivity index (χ0) is 14.0. The van der Waals surface area contributed by atoms with Gasteiger partial charge in [-0.05, 0) is 46.6 Å². The first-order valence-corrected chi connectivity index (χ1v) is 7.67. The van der Waals surface area contributed by atoms with Crippen molar-refractivity contribution in [2.75, 3.05) is 4.72 Å². The molecule has 0 radical (unpaired) electrons. The molecular weight excluding hydrogens is 356 g/mol. The van der Waals surface area contributed by atoms with Crippen LogP contribution in [-0.2, 0) is 10.0 Å². The normalized spacial score (nSPS) is 11.3. The van der Waals surface area contributed by atoms with Gasteiger partial charge in [0.1, 0.15) is 9.50 Å². The summed E-state index contributed by atoms with van der Waals surface area (Å²) < 4.78 is 27.2. The van der Waals surface area contributed by atoms with Gasteiger partial charge in [0, 0.05) is 0 Å². The van der Waals surface area contributed by atoms with Crippen LogP contribution < -0.4 is 4.72 Å². The molecule has 19 heavy (non-hydrogen) atoms. The average Bonchev–Trinajstić information content (AvgIpc) is 2.33. The van der Waals surface area contributed by atoms with E-state index in [9.17, 15) is 8.42 Å². The third kappa shape index (κ3) is 3.40. The highest BCUT2D eigenvalue weighted by atomic mass is 79.9. The lowest BCUT2D eigenvalue weighted by Crippen LogP contribution is -2.14. The van der Waals surface area contributed by atoms with Crippen molar-refractivity contribution in [3.8, 4) is 0 Å². The molecule has 0 atom stereocenters. The number of halogens is 2. The fourth-order valence-electron chi connectivity index (χ4n) is 1.28. The van der Waals surface area contributed by atoms with E-state index in [1.54, 1.807) is 19.1 Å². The summed E-state index contributed by atoms with van der Waals surface area (Å²) in [7, 11) is -3.75. The lowest BCUT2D eigenvalue weighted by Gasteiger charge is -2.09. The van der Waals surface area contributed by atoms with Gasteiger partial charge in [-0.2, -0.15) is 0 Å². The first-order chi connectivity index (χ1) is 8.88. The molecule has 0 amide bonds. The number of aromatic nitrogens is 3. The maximum absolute atomic E-state index is 12.1. The van der Waals surface area contributed by atoms with Gasteiger partial charge in [0.2, 0.25) is 5.28 Å². The van der Waals surface area contributed by atoms with Gasteiger partial charge in [-0.15, -0.1) is 0 Å². The molecule has 1 N–H and O–H groups in total. The minimum Gasteiger partial charge on any atom is -0.278 e. The quantitative estimate of drug-likeness (QED) is 0.668. The van der Waals surface area contributed by atoms with Crippen molar-refractivity contribution in [1.29, 1.82) is 0 Å². The van der Waals surface area contributed by atoms with Crippen molar-refractivity contribution in [2.24, 2.45) is 0 Å². The van der Waals surface area contributed by atoms with Crippen molar-refractivity contribution in [2.45, 2.75) is 11.8 Å². The molecule has 0 aliphatic heterocycles. The number of anilines is 1. The van der Waals surface area contributed by atoms with Crippen LogP contribution in [0.2, 0.25) is 5.28 Å². The van der Waals surface area contributed by atoms with Gasteiger partial charge < -0.3 is 0 Å². The number of rotatable bonds is 3. The summed E-state index contributed by atoms with van der Waals surface area (Å²) in [4.78, 5) is 11.3. The lowest BCUT2D eigenvalue weighted by molar-refractivity contribution is 0.600. The van der Waals surface area contributed by atoms with Crippen molar-refractivity contribution < 1.29 is 8.42 Å². The second-order valence-electron chi connectivity index (χ2n) is 3.56. The Hall–Kier alpha value is -1.25. The number of hydrogen-bond acceptors (Lipinski definition) is 5. The molecule has 0 fully saturated rings. The average molecular weight is 364 g/mol. The third-order valence-electron chi connectivity index (χ3n) is 2.20. The predicted octanol–water partition coefficient (Wildman–Crippen LogP) is 2.40. The number of nitrogens with one attached hydrogen (secondary N) is 1. The molecule has 9 heteroatoms. The molecule has 0 aliphatic rings. The Labute approximate surface area is 123 Å². The summed E-state index contributed by atoms with van der Waals surface area (Å²) in [5.41, 5.74) is 0.936. The SMILES string of the molecule is Cc1nc(Br)ccc1NS(=O)(=O)c1cnc(Cl)nc1. The van der Waals surface area contributed by atoms with Gasteiger partial charge in [0.25, 0.3) is 10.0 Å². The molecule has 0 bridgehead atoms. The molecule has 0 spiro atoms. The smallest absolute Gasteiger partial charge is 0.265 e. The Morgan fingerprint density at radius 3 is 2.47 bits per heavy atom. The van der Waals surface area contributed by atoms with Crippen LogP contribution in [0.15, 0.2) is 34.0 Å². The Balaban J connectivity index is 2.33. The summed E-state index contributed by atoms with van der Waals surface area (Å²) in [6, 6.07) is 3.25. The minimum absolute atomic E-state index is 0.0135. The van der Waals surface area contributed by atoms with E-state index < -0.39 is 10.0 Å². The van der Waals surface area contributed by atoms with E-state index in [-0.39, 0.29) is 10.2 Å². The largest absolute Gasteiger partial charge is 0.278 e. The molecule has 2 aromatic rings. The van der Waals surface area contributed by atoms with E-state index in [0.29, 0.717) is 16.0 Å². The highest BCUT2D eigenvalue weighted by Gasteiger charge is 2.16. The molecular formula is C10H8BrClN4O2S. The summed E-state index contributed by atoms with van der Waals surface area (Å²) in [6.45, 7) is 1.70.